The molecule has 0 saturated heterocycles. The van der Waals surface area contributed by atoms with E-state index in [1.165, 1.54) is 35.5 Å². The molecule has 1 fully saturated rings. The minimum Gasteiger partial charge on any atom is -0.495 e. The van der Waals surface area contributed by atoms with Crippen LogP contribution in [-0.4, -0.2) is 22.7 Å². The Labute approximate surface area is 183 Å². The Kier molecular flexibility index (Phi) is 5.23. The van der Waals surface area contributed by atoms with Gasteiger partial charge >= 0.3 is 11.2 Å². The van der Waals surface area contributed by atoms with Crippen molar-refractivity contribution < 1.29 is 13.9 Å². The first-order chi connectivity index (χ1) is 15.1. The number of methoxy groups -OCH3 is 1. The lowest BCUT2D eigenvalue weighted by Gasteiger charge is -2.18. The van der Waals surface area contributed by atoms with Crippen molar-refractivity contribution in [2.75, 3.05) is 19.0 Å². The van der Waals surface area contributed by atoms with Gasteiger partial charge in [-0.05, 0) is 36.5 Å². The molecule has 0 amide bonds. The van der Waals surface area contributed by atoms with E-state index in [0.29, 0.717) is 34.6 Å². The fourth-order valence-electron chi connectivity index (χ4n) is 4.49. The summed E-state index contributed by atoms with van der Waals surface area (Å²) in [5.74, 6) is 1.11. The van der Waals surface area contributed by atoms with Crippen LogP contribution >= 0.6 is 11.5 Å². The number of nitrogens with one attached hydrogen (secondary N) is 3. The second-order valence-corrected chi connectivity index (χ2v) is 8.91. The van der Waals surface area contributed by atoms with Gasteiger partial charge in [0.15, 0.2) is 11.5 Å². The third kappa shape index (κ3) is 3.72. The molecule has 7 nitrogen and oxygen atoms in total. The molecule has 0 spiro atoms. The Hall–Kier alpha value is -3.13. The van der Waals surface area contributed by atoms with Crippen LogP contribution in [0.25, 0.3) is 21.9 Å². The van der Waals surface area contributed by atoms with E-state index in [1.807, 2.05) is 36.4 Å². The van der Waals surface area contributed by atoms with Crippen molar-refractivity contribution in [1.29, 1.82) is 5.53 Å². The topological polar surface area (TPSA) is 94.1 Å². The number of H-pyrrole nitrogens is 1. The number of ether oxygens (including phenoxy) is 1. The summed E-state index contributed by atoms with van der Waals surface area (Å²) in [5, 5.41) is 5.91. The highest BCUT2D eigenvalue weighted by Crippen LogP contribution is 2.39. The van der Waals surface area contributed by atoms with Crippen LogP contribution in [0.15, 0.2) is 45.6 Å². The molecule has 1 saturated carbocycles. The van der Waals surface area contributed by atoms with Gasteiger partial charge in [0.1, 0.15) is 16.9 Å². The quantitative estimate of drug-likeness (QED) is 0.242. The Balaban J connectivity index is 1.49. The van der Waals surface area contributed by atoms with Crippen molar-refractivity contribution in [2.24, 2.45) is 5.92 Å². The number of anilines is 2. The first-order valence-corrected chi connectivity index (χ1v) is 11.4. The number of para-hydroxylation sites is 1. The maximum Gasteiger partial charge on any atom is 0.334 e. The summed E-state index contributed by atoms with van der Waals surface area (Å²) in [6.45, 7) is 0.564. The number of hydrogen-bond acceptors (Lipinski definition) is 6. The number of rotatable bonds is 6. The number of aromatic amines is 1. The highest BCUT2D eigenvalue weighted by molar-refractivity contribution is 7.10. The highest BCUT2D eigenvalue weighted by atomic mass is 32.1. The first-order valence-electron chi connectivity index (χ1n) is 10.6. The number of nitrogens with zero attached hydrogens (tertiary/aromatic N) is 1. The largest absolute Gasteiger partial charge is 0.495 e. The SMILES string of the molecule is COc1cc2c(cc1Nc1s[nH]c(=O)c1[N+](=N)CC1CCCCC1)oc1ccccc12. The molecule has 3 N–H and O–H groups in total. The fraction of sp³-hybridized carbons (Fsp3) is 0.348. The van der Waals surface area contributed by atoms with Crippen molar-refractivity contribution in [3.05, 3.63) is 46.8 Å². The summed E-state index contributed by atoms with van der Waals surface area (Å²) in [7, 11) is 1.62. The molecule has 1 aliphatic rings. The molecule has 160 valence electrons. The van der Waals surface area contributed by atoms with Gasteiger partial charge in [-0.25, -0.2) is 0 Å². The first kappa shape index (κ1) is 19.8. The zero-order valence-corrected chi connectivity index (χ0v) is 18.2. The lowest BCUT2D eigenvalue weighted by molar-refractivity contribution is -0.543. The molecule has 2 aromatic carbocycles. The second-order valence-electron chi connectivity index (χ2n) is 8.10. The van der Waals surface area contributed by atoms with E-state index in [4.69, 9.17) is 14.7 Å². The van der Waals surface area contributed by atoms with Crippen LogP contribution in [0.4, 0.5) is 16.4 Å². The monoisotopic (exact) mass is 437 g/mol. The average molecular weight is 438 g/mol. The summed E-state index contributed by atoms with van der Waals surface area (Å²) < 4.78 is 15.7. The summed E-state index contributed by atoms with van der Waals surface area (Å²) in [6, 6.07) is 11.7. The molecule has 2 aromatic heterocycles. The van der Waals surface area contributed by atoms with Crippen molar-refractivity contribution in [3.8, 4) is 5.75 Å². The molecule has 5 rings (SSSR count). The third-order valence-corrected chi connectivity index (χ3v) is 6.85. The van der Waals surface area contributed by atoms with E-state index in [9.17, 15) is 4.79 Å². The molecular formula is C23H25N4O3S+. The normalized spacial score (nSPS) is 14.9. The van der Waals surface area contributed by atoms with E-state index in [-0.39, 0.29) is 5.56 Å². The molecule has 8 heteroatoms. The predicted octanol–water partition coefficient (Wildman–Crippen LogP) is 6.34. The van der Waals surface area contributed by atoms with Gasteiger partial charge in [-0.2, -0.15) is 0 Å². The maximum absolute atomic E-state index is 12.5. The Morgan fingerprint density at radius 1 is 1.19 bits per heavy atom. The smallest absolute Gasteiger partial charge is 0.334 e. The lowest BCUT2D eigenvalue weighted by Crippen LogP contribution is -2.21. The number of furan rings is 1. The van der Waals surface area contributed by atoms with E-state index in [1.54, 1.807) is 7.11 Å². The molecular weight excluding hydrogens is 412 g/mol. The van der Waals surface area contributed by atoms with Crippen LogP contribution < -0.4 is 15.6 Å². The van der Waals surface area contributed by atoms with Gasteiger partial charge in [-0.1, -0.05) is 47.7 Å². The minimum absolute atomic E-state index is 0.248. The third-order valence-electron chi connectivity index (χ3n) is 6.06. The maximum atomic E-state index is 12.5. The van der Waals surface area contributed by atoms with E-state index in [2.05, 4.69) is 9.69 Å². The fourth-order valence-corrected chi connectivity index (χ4v) is 5.24. The second kappa shape index (κ2) is 8.19. The van der Waals surface area contributed by atoms with Crippen molar-refractivity contribution in [1.82, 2.24) is 4.37 Å². The Bertz CT molecular complexity index is 1310. The number of benzene rings is 2. The Morgan fingerprint density at radius 3 is 2.81 bits per heavy atom. The number of aromatic nitrogens is 1. The van der Waals surface area contributed by atoms with Gasteiger partial charge in [-0.3, -0.25) is 9.17 Å². The van der Waals surface area contributed by atoms with E-state index >= 15 is 0 Å². The lowest BCUT2D eigenvalue weighted by atomic mass is 9.89. The summed E-state index contributed by atoms with van der Waals surface area (Å²) in [5.41, 5.74) is 10.9. The zero-order chi connectivity index (χ0) is 21.4. The number of hydrogen-bond donors (Lipinski definition) is 3. The number of fused-ring (bicyclic) bond motifs is 3. The predicted molar refractivity (Wildman–Crippen MR) is 123 cm³/mol. The molecule has 0 unspecified atom stereocenters. The minimum atomic E-state index is -0.248. The van der Waals surface area contributed by atoms with Gasteiger partial charge < -0.3 is 14.5 Å². The molecule has 1 aliphatic carbocycles. The van der Waals surface area contributed by atoms with Gasteiger partial charge in [0.05, 0.1) is 12.8 Å². The van der Waals surface area contributed by atoms with Crippen LogP contribution in [0.1, 0.15) is 32.1 Å². The van der Waals surface area contributed by atoms with Crippen LogP contribution in [-0.2, 0) is 0 Å². The van der Waals surface area contributed by atoms with Crippen molar-refractivity contribution >= 4 is 49.8 Å². The van der Waals surface area contributed by atoms with Crippen LogP contribution in [0, 0.1) is 11.4 Å². The summed E-state index contributed by atoms with van der Waals surface area (Å²) >= 11 is 1.19. The van der Waals surface area contributed by atoms with Gasteiger partial charge in [0.25, 0.3) is 0 Å². The molecule has 0 bridgehead atoms. The highest BCUT2D eigenvalue weighted by Gasteiger charge is 2.28. The standard InChI is InChI=1S/C23H24N4O3S/c1-29-20-11-16-15-9-5-6-10-18(15)30-19(16)12-17(20)25-23-21(22(28)26-31-23)27(24)13-14-7-3-2-4-8-14/h5-6,9-12,14H,2-4,7-8,13H2,1H3,(H2-,24,25,26,28)/p+1. The zero-order valence-electron chi connectivity index (χ0n) is 17.4. The summed E-state index contributed by atoms with van der Waals surface area (Å²) in [4.78, 5) is 12.5. The van der Waals surface area contributed by atoms with Crippen LogP contribution in [0.5, 0.6) is 5.75 Å². The van der Waals surface area contributed by atoms with Gasteiger partial charge in [0.2, 0.25) is 0 Å². The Morgan fingerprint density at radius 2 is 2.00 bits per heavy atom. The van der Waals surface area contributed by atoms with Crippen LogP contribution in [0.2, 0.25) is 0 Å². The van der Waals surface area contributed by atoms with Crippen molar-refractivity contribution in [2.45, 2.75) is 32.1 Å². The molecule has 4 aromatic rings. The van der Waals surface area contributed by atoms with Gasteiger partial charge in [-0.15, -0.1) is 0 Å². The van der Waals surface area contributed by atoms with Crippen molar-refractivity contribution in [3.63, 3.8) is 0 Å². The van der Waals surface area contributed by atoms with Gasteiger partial charge in [0, 0.05) is 22.8 Å². The molecule has 2 heterocycles. The summed E-state index contributed by atoms with van der Waals surface area (Å²) in [6.07, 6.45) is 5.93. The average Bonchev–Trinajstić information content (AvgIpc) is 3.33. The molecule has 0 aliphatic heterocycles. The molecule has 0 radical (unpaired) electrons. The van der Waals surface area contributed by atoms with Crippen LogP contribution in [0.3, 0.4) is 0 Å². The van der Waals surface area contributed by atoms with E-state index in [0.717, 1.165) is 34.8 Å². The van der Waals surface area contributed by atoms with E-state index < -0.39 is 0 Å². The molecule has 0 atom stereocenters. The molecule has 31 heavy (non-hydrogen) atoms.